The first-order chi connectivity index (χ1) is 9.13. The standard InChI is InChI=1S/C15H11ClN2O/c1-9-3-2-4-12(17-9)15(19)14-7-10-5-6-11(16)8-13(10)18-14/h2-8,18H,1H3. The number of hydrogen-bond donors (Lipinski definition) is 1. The lowest BCUT2D eigenvalue weighted by molar-refractivity contribution is 0.103. The maximum absolute atomic E-state index is 12.3. The smallest absolute Gasteiger partial charge is 0.227 e. The van der Waals surface area contributed by atoms with Gasteiger partial charge >= 0.3 is 0 Å². The Hall–Kier alpha value is -2.13. The Kier molecular flexibility index (Phi) is 2.84. The number of carbonyl (C=O) groups is 1. The minimum atomic E-state index is -0.115. The molecule has 0 atom stereocenters. The van der Waals surface area contributed by atoms with E-state index in [1.807, 2.05) is 31.2 Å². The number of H-pyrrole nitrogens is 1. The predicted molar refractivity (Wildman–Crippen MR) is 75.7 cm³/mol. The van der Waals surface area contributed by atoms with Gasteiger partial charge in [0.2, 0.25) is 5.78 Å². The molecule has 0 aliphatic carbocycles. The summed E-state index contributed by atoms with van der Waals surface area (Å²) in [5.74, 6) is -0.115. The van der Waals surface area contributed by atoms with Gasteiger partial charge in [-0.15, -0.1) is 0 Å². The molecule has 0 bridgehead atoms. The summed E-state index contributed by atoms with van der Waals surface area (Å²) in [5.41, 5.74) is 2.64. The third-order valence-electron chi connectivity index (χ3n) is 2.95. The Balaban J connectivity index is 2.06. The highest BCUT2D eigenvalue weighted by Gasteiger charge is 2.13. The van der Waals surface area contributed by atoms with Crippen LogP contribution in [0.5, 0.6) is 0 Å². The normalized spacial score (nSPS) is 10.8. The van der Waals surface area contributed by atoms with Crippen molar-refractivity contribution in [2.45, 2.75) is 6.92 Å². The number of aromatic amines is 1. The van der Waals surface area contributed by atoms with Gasteiger partial charge in [0.1, 0.15) is 5.69 Å². The van der Waals surface area contributed by atoms with Crippen molar-refractivity contribution in [1.29, 1.82) is 0 Å². The fourth-order valence-corrected chi connectivity index (χ4v) is 2.20. The summed E-state index contributed by atoms with van der Waals surface area (Å²) in [6, 6.07) is 12.7. The van der Waals surface area contributed by atoms with Crippen molar-refractivity contribution in [1.82, 2.24) is 9.97 Å². The number of nitrogens with one attached hydrogen (secondary N) is 1. The molecular weight excluding hydrogens is 260 g/mol. The molecule has 0 saturated heterocycles. The maximum atomic E-state index is 12.3. The van der Waals surface area contributed by atoms with Crippen molar-refractivity contribution in [2.24, 2.45) is 0 Å². The molecule has 1 aromatic carbocycles. The Bertz CT molecular complexity index is 777. The topological polar surface area (TPSA) is 45.8 Å². The number of aryl methyl sites for hydroxylation is 1. The van der Waals surface area contributed by atoms with Crippen LogP contribution in [-0.4, -0.2) is 15.8 Å². The number of nitrogens with zero attached hydrogens (tertiary/aromatic N) is 1. The second-order valence-corrected chi connectivity index (χ2v) is 4.84. The van der Waals surface area contributed by atoms with Gasteiger partial charge in [-0.2, -0.15) is 0 Å². The molecule has 3 aromatic rings. The van der Waals surface area contributed by atoms with E-state index in [4.69, 9.17) is 11.6 Å². The van der Waals surface area contributed by atoms with Gasteiger partial charge in [-0.1, -0.05) is 23.7 Å². The van der Waals surface area contributed by atoms with E-state index in [0.29, 0.717) is 16.4 Å². The van der Waals surface area contributed by atoms with Gasteiger partial charge in [0, 0.05) is 21.6 Å². The van der Waals surface area contributed by atoms with Crippen molar-refractivity contribution in [3.8, 4) is 0 Å². The molecule has 1 N–H and O–H groups in total. The Morgan fingerprint density at radius 3 is 2.84 bits per heavy atom. The third kappa shape index (κ3) is 2.25. The van der Waals surface area contributed by atoms with Gasteiger partial charge in [0.25, 0.3) is 0 Å². The van der Waals surface area contributed by atoms with Crippen LogP contribution in [-0.2, 0) is 0 Å². The molecular formula is C15H11ClN2O. The molecule has 0 amide bonds. The van der Waals surface area contributed by atoms with Crippen LogP contribution in [0.4, 0.5) is 0 Å². The number of benzene rings is 1. The fourth-order valence-electron chi connectivity index (χ4n) is 2.03. The van der Waals surface area contributed by atoms with Crippen LogP contribution in [0, 0.1) is 6.92 Å². The number of halogens is 1. The average molecular weight is 271 g/mol. The first-order valence-electron chi connectivity index (χ1n) is 5.90. The monoisotopic (exact) mass is 270 g/mol. The first kappa shape index (κ1) is 11.9. The lowest BCUT2D eigenvalue weighted by Crippen LogP contribution is -2.04. The molecule has 0 fully saturated rings. The summed E-state index contributed by atoms with van der Waals surface area (Å²) in [4.78, 5) is 19.6. The zero-order valence-corrected chi connectivity index (χ0v) is 11.0. The minimum absolute atomic E-state index is 0.115. The van der Waals surface area contributed by atoms with Crippen LogP contribution < -0.4 is 0 Å². The van der Waals surface area contributed by atoms with E-state index < -0.39 is 0 Å². The number of rotatable bonds is 2. The lowest BCUT2D eigenvalue weighted by atomic mass is 10.2. The number of fused-ring (bicyclic) bond motifs is 1. The van der Waals surface area contributed by atoms with E-state index in [2.05, 4.69) is 9.97 Å². The van der Waals surface area contributed by atoms with Crippen LogP contribution >= 0.6 is 11.6 Å². The number of ketones is 1. The van der Waals surface area contributed by atoms with Gasteiger partial charge in [0.15, 0.2) is 0 Å². The van der Waals surface area contributed by atoms with E-state index in [0.717, 1.165) is 16.6 Å². The zero-order valence-electron chi connectivity index (χ0n) is 10.3. The number of pyridine rings is 1. The third-order valence-corrected chi connectivity index (χ3v) is 3.19. The second-order valence-electron chi connectivity index (χ2n) is 4.41. The summed E-state index contributed by atoms with van der Waals surface area (Å²) in [6.07, 6.45) is 0. The van der Waals surface area contributed by atoms with Crippen LogP contribution in [0.1, 0.15) is 21.9 Å². The second kappa shape index (κ2) is 4.52. The quantitative estimate of drug-likeness (QED) is 0.721. The molecule has 0 unspecified atom stereocenters. The minimum Gasteiger partial charge on any atom is -0.352 e. The van der Waals surface area contributed by atoms with Crippen LogP contribution in [0.3, 0.4) is 0 Å². The predicted octanol–water partition coefficient (Wildman–Crippen LogP) is 3.76. The molecule has 2 aromatic heterocycles. The highest BCUT2D eigenvalue weighted by Crippen LogP contribution is 2.21. The summed E-state index contributed by atoms with van der Waals surface area (Å²) < 4.78 is 0. The van der Waals surface area contributed by atoms with Crippen LogP contribution in [0.15, 0.2) is 42.5 Å². The summed E-state index contributed by atoms with van der Waals surface area (Å²) in [5, 5.41) is 1.60. The average Bonchev–Trinajstić information content (AvgIpc) is 2.80. The van der Waals surface area contributed by atoms with Crippen LogP contribution in [0.25, 0.3) is 10.9 Å². The summed E-state index contributed by atoms with van der Waals surface area (Å²) in [7, 11) is 0. The van der Waals surface area contributed by atoms with Gasteiger partial charge in [-0.25, -0.2) is 4.98 Å². The first-order valence-corrected chi connectivity index (χ1v) is 6.28. The van der Waals surface area contributed by atoms with Crippen molar-refractivity contribution < 1.29 is 4.79 Å². The molecule has 4 heteroatoms. The van der Waals surface area contributed by atoms with Crippen molar-refractivity contribution in [3.63, 3.8) is 0 Å². The molecule has 3 nitrogen and oxygen atoms in total. The maximum Gasteiger partial charge on any atom is 0.227 e. The molecule has 0 saturated carbocycles. The molecule has 0 aliphatic rings. The molecule has 3 rings (SSSR count). The zero-order chi connectivity index (χ0) is 13.4. The molecule has 0 spiro atoms. The fraction of sp³-hybridized carbons (Fsp3) is 0.0667. The Labute approximate surface area is 115 Å². The van der Waals surface area contributed by atoms with E-state index >= 15 is 0 Å². The van der Waals surface area contributed by atoms with E-state index in [-0.39, 0.29) is 5.78 Å². The van der Waals surface area contributed by atoms with Crippen molar-refractivity contribution in [2.75, 3.05) is 0 Å². The number of carbonyl (C=O) groups excluding carboxylic acids is 1. The Morgan fingerprint density at radius 2 is 2.05 bits per heavy atom. The summed E-state index contributed by atoms with van der Waals surface area (Å²) in [6.45, 7) is 1.86. The molecule has 2 heterocycles. The number of hydrogen-bond acceptors (Lipinski definition) is 2. The SMILES string of the molecule is Cc1cccc(C(=O)c2cc3ccc(Cl)cc3[nH]2)n1. The van der Waals surface area contributed by atoms with Crippen LogP contribution in [0.2, 0.25) is 5.02 Å². The Morgan fingerprint density at radius 1 is 1.21 bits per heavy atom. The lowest BCUT2D eigenvalue weighted by Gasteiger charge is -1.98. The van der Waals surface area contributed by atoms with Gasteiger partial charge in [-0.05, 0) is 37.3 Å². The largest absolute Gasteiger partial charge is 0.352 e. The van der Waals surface area contributed by atoms with Gasteiger partial charge in [-0.3, -0.25) is 4.79 Å². The number of aromatic nitrogens is 2. The molecule has 0 radical (unpaired) electrons. The highest BCUT2D eigenvalue weighted by molar-refractivity contribution is 6.31. The van der Waals surface area contributed by atoms with E-state index in [9.17, 15) is 4.79 Å². The summed E-state index contributed by atoms with van der Waals surface area (Å²) >= 11 is 5.93. The van der Waals surface area contributed by atoms with Gasteiger partial charge < -0.3 is 4.98 Å². The van der Waals surface area contributed by atoms with E-state index in [1.165, 1.54) is 0 Å². The van der Waals surface area contributed by atoms with E-state index in [1.54, 1.807) is 18.2 Å². The van der Waals surface area contributed by atoms with Gasteiger partial charge in [0.05, 0.1) is 5.69 Å². The van der Waals surface area contributed by atoms with Crippen molar-refractivity contribution in [3.05, 3.63) is 64.6 Å². The molecule has 0 aliphatic heterocycles. The molecule has 94 valence electrons. The van der Waals surface area contributed by atoms with Crippen molar-refractivity contribution >= 4 is 28.3 Å². The molecule has 19 heavy (non-hydrogen) atoms. The highest BCUT2D eigenvalue weighted by atomic mass is 35.5.